The van der Waals surface area contributed by atoms with E-state index in [1.54, 1.807) is 0 Å². The van der Waals surface area contributed by atoms with Gasteiger partial charge in [0.2, 0.25) is 0 Å². The van der Waals surface area contributed by atoms with Crippen LogP contribution in [-0.4, -0.2) is 0 Å². The Morgan fingerprint density at radius 1 is 0.317 bits per heavy atom. The molecule has 0 fully saturated rings. The molecule has 294 valence electrons. The van der Waals surface area contributed by atoms with E-state index in [4.69, 9.17) is 8.83 Å². The number of hydrogen-bond donors (Lipinski definition) is 0. The molecule has 1 aliphatic carbocycles. The second-order valence-electron chi connectivity index (χ2n) is 17.9. The quantitative estimate of drug-likeness (QED) is 0.166. The molecular formula is C61H38O2. The summed E-state index contributed by atoms with van der Waals surface area (Å²) in [6, 6.07) is 71.3. The van der Waals surface area contributed by atoms with E-state index in [2.05, 4.69) is 208 Å². The van der Waals surface area contributed by atoms with Gasteiger partial charge in [0.15, 0.2) is 0 Å². The fourth-order valence-electron chi connectivity index (χ4n) is 11.3. The Kier molecular flexibility index (Phi) is 6.93. The van der Waals surface area contributed by atoms with Crippen molar-refractivity contribution < 1.29 is 8.83 Å². The van der Waals surface area contributed by atoms with E-state index in [9.17, 15) is 0 Å². The third-order valence-electron chi connectivity index (χ3n) is 14.3. The SMILES string of the molecule is CC1(C)c2ccc(-c3ccc4c(c3)oc3c4ccc4oc5c6ccccc6ccc5c43)cc2-c2ccc(-c3c4ccccc4c(-c4cccc5ccccc45)c4ccccc34)cc21. The van der Waals surface area contributed by atoms with Gasteiger partial charge in [-0.05, 0) is 136 Å². The zero-order chi connectivity index (χ0) is 41.6. The monoisotopic (exact) mass is 802 g/mol. The molecule has 0 unspecified atom stereocenters. The highest BCUT2D eigenvalue weighted by Gasteiger charge is 2.36. The number of benzene rings is 11. The molecule has 2 nitrogen and oxygen atoms in total. The van der Waals surface area contributed by atoms with Crippen LogP contribution in [0.2, 0.25) is 0 Å². The van der Waals surface area contributed by atoms with Crippen molar-refractivity contribution in [2.45, 2.75) is 19.3 Å². The Morgan fingerprint density at radius 3 is 1.68 bits per heavy atom. The average Bonchev–Trinajstić information content (AvgIpc) is 3.97. The normalized spacial score (nSPS) is 13.4. The number of furan rings is 2. The number of rotatable bonds is 3. The van der Waals surface area contributed by atoms with Gasteiger partial charge in [0.25, 0.3) is 0 Å². The third kappa shape index (κ3) is 4.78. The molecule has 63 heavy (non-hydrogen) atoms. The lowest BCUT2D eigenvalue weighted by Gasteiger charge is -2.23. The third-order valence-corrected chi connectivity index (χ3v) is 14.3. The van der Waals surface area contributed by atoms with Crippen molar-refractivity contribution in [1.29, 1.82) is 0 Å². The maximum absolute atomic E-state index is 6.80. The average molecular weight is 803 g/mol. The molecule has 0 saturated heterocycles. The van der Waals surface area contributed by atoms with Gasteiger partial charge in [-0.1, -0.05) is 166 Å². The first-order valence-electron chi connectivity index (χ1n) is 21.9. The van der Waals surface area contributed by atoms with E-state index in [1.165, 1.54) is 87.8 Å². The summed E-state index contributed by atoms with van der Waals surface area (Å²) in [4.78, 5) is 0. The van der Waals surface area contributed by atoms with Gasteiger partial charge >= 0.3 is 0 Å². The van der Waals surface area contributed by atoms with Crippen LogP contribution < -0.4 is 0 Å². The highest BCUT2D eigenvalue weighted by molar-refractivity contribution is 6.26. The molecule has 2 aromatic heterocycles. The van der Waals surface area contributed by atoms with Gasteiger partial charge in [-0.2, -0.15) is 0 Å². The second kappa shape index (κ2) is 12.6. The molecule has 11 aromatic carbocycles. The van der Waals surface area contributed by atoms with Crippen LogP contribution in [0.3, 0.4) is 0 Å². The van der Waals surface area contributed by atoms with Crippen LogP contribution in [0.5, 0.6) is 0 Å². The molecule has 1 aliphatic rings. The molecule has 0 saturated carbocycles. The molecule has 13 aromatic rings. The molecule has 0 atom stereocenters. The first-order chi connectivity index (χ1) is 31.0. The maximum Gasteiger partial charge on any atom is 0.147 e. The Balaban J connectivity index is 0.902. The largest absolute Gasteiger partial charge is 0.455 e. The predicted molar refractivity (Wildman–Crippen MR) is 265 cm³/mol. The second-order valence-corrected chi connectivity index (χ2v) is 17.9. The van der Waals surface area contributed by atoms with Crippen LogP contribution >= 0.6 is 0 Å². The van der Waals surface area contributed by atoms with Crippen molar-refractivity contribution in [3.8, 4) is 44.5 Å². The molecular weight excluding hydrogens is 765 g/mol. The van der Waals surface area contributed by atoms with Gasteiger partial charge in [-0.3, -0.25) is 0 Å². The minimum absolute atomic E-state index is 0.180. The summed E-state index contributed by atoms with van der Waals surface area (Å²) in [6.07, 6.45) is 0. The fraction of sp³-hybridized carbons (Fsp3) is 0.0492. The Bertz CT molecular complexity index is 4060. The van der Waals surface area contributed by atoms with Crippen LogP contribution in [0.4, 0.5) is 0 Å². The van der Waals surface area contributed by atoms with Crippen molar-refractivity contribution >= 4 is 87.0 Å². The van der Waals surface area contributed by atoms with E-state index in [-0.39, 0.29) is 5.41 Å². The van der Waals surface area contributed by atoms with E-state index in [0.29, 0.717) is 0 Å². The lowest BCUT2D eigenvalue weighted by molar-refractivity contribution is 0.660. The van der Waals surface area contributed by atoms with Crippen LogP contribution in [0.25, 0.3) is 131 Å². The zero-order valence-corrected chi connectivity index (χ0v) is 34.8. The summed E-state index contributed by atoms with van der Waals surface area (Å²) in [5, 5.41) is 14.2. The highest BCUT2D eigenvalue weighted by Crippen LogP contribution is 2.53. The minimum Gasteiger partial charge on any atom is -0.455 e. The predicted octanol–water partition coefficient (Wildman–Crippen LogP) is 17.4. The van der Waals surface area contributed by atoms with Crippen molar-refractivity contribution in [1.82, 2.24) is 0 Å². The summed E-state index contributed by atoms with van der Waals surface area (Å²) in [5.74, 6) is 0. The highest BCUT2D eigenvalue weighted by atomic mass is 16.3. The van der Waals surface area contributed by atoms with E-state index in [0.717, 1.165) is 54.8 Å². The Morgan fingerprint density at radius 2 is 0.905 bits per heavy atom. The van der Waals surface area contributed by atoms with Gasteiger partial charge in [0.05, 0.1) is 5.39 Å². The number of hydrogen-bond acceptors (Lipinski definition) is 2. The van der Waals surface area contributed by atoms with Gasteiger partial charge in [0.1, 0.15) is 22.3 Å². The summed E-state index contributed by atoms with van der Waals surface area (Å²) in [6.45, 7) is 4.76. The molecule has 0 radical (unpaired) electrons. The Labute approximate surface area is 363 Å². The molecule has 0 spiro atoms. The fourth-order valence-corrected chi connectivity index (χ4v) is 11.3. The molecule has 0 N–H and O–H groups in total. The summed E-state index contributed by atoms with van der Waals surface area (Å²) in [7, 11) is 0. The first kappa shape index (κ1) is 34.7. The lowest BCUT2D eigenvalue weighted by atomic mass is 9.80. The summed E-state index contributed by atoms with van der Waals surface area (Å²) >= 11 is 0. The molecule has 0 aliphatic heterocycles. The van der Waals surface area contributed by atoms with E-state index >= 15 is 0 Å². The van der Waals surface area contributed by atoms with Gasteiger partial charge < -0.3 is 8.83 Å². The minimum atomic E-state index is -0.180. The topological polar surface area (TPSA) is 26.3 Å². The molecule has 0 bridgehead atoms. The van der Waals surface area contributed by atoms with Crippen molar-refractivity contribution in [2.75, 3.05) is 0 Å². The molecule has 14 rings (SSSR count). The maximum atomic E-state index is 6.80. The van der Waals surface area contributed by atoms with Gasteiger partial charge in [0, 0.05) is 27.0 Å². The Hall–Kier alpha value is -7.94. The van der Waals surface area contributed by atoms with Crippen molar-refractivity contribution in [3.63, 3.8) is 0 Å². The van der Waals surface area contributed by atoms with E-state index in [1.807, 2.05) is 0 Å². The van der Waals surface area contributed by atoms with Crippen LogP contribution in [0.1, 0.15) is 25.0 Å². The molecule has 0 amide bonds. The summed E-state index contributed by atoms with van der Waals surface area (Å²) in [5.41, 5.74) is 16.0. The molecule has 2 heterocycles. The summed E-state index contributed by atoms with van der Waals surface area (Å²) < 4.78 is 13.3. The van der Waals surface area contributed by atoms with Crippen molar-refractivity contribution in [3.05, 3.63) is 205 Å². The number of fused-ring (bicyclic) bond motifs is 15. The molecule has 2 heteroatoms. The van der Waals surface area contributed by atoms with Crippen LogP contribution in [0.15, 0.2) is 203 Å². The smallest absolute Gasteiger partial charge is 0.147 e. The van der Waals surface area contributed by atoms with Crippen LogP contribution in [0, 0.1) is 0 Å². The first-order valence-corrected chi connectivity index (χ1v) is 21.9. The standard InChI is InChI=1S/C61H38O2/c1-61(2)52-30-25-37(38-23-27-43-49-29-31-54-58(60(49)63-55(43)34-38)50-28-22-36-13-4-6-16-41(36)59(50)62-54)32-51(52)42-26-24-39(33-53(42)61)56-45-17-7-9-19-47(45)57(48-20-10-8-18-46(48)56)44-21-11-14-35-12-3-5-15-40(35)44/h3-34H,1-2H3. The van der Waals surface area contributed by atoms with Gasteiger partial charge in [-0.15, -0.1) is 0 Å². The zero-order valence-electron chi connectivity index (χ0n) is 34.8. The lowest BCUT2D eigenvalue weighted by Crippen LogP contribution is -2.15. The van der Waals surface area contributed by atoms with Crippen LogP contribution in [-0.2, 0) is 5.41 Å². The van der Waals surface area contributed by atoms with Crippen molar-refractivity contribution in [2.24, 2.45) is 0 Å². The van der Waals surface area contributed by atoms with Gasteiger partial charge in [-0.25, -0.2) is 0 Å². The van der Waals surface area contributed by atoms with E-state index < -0.39 is 0 Å².